The van der Waals surface area contributed by atoms with Crippen LogP contribution in [-0.2, 0) is 40.3 Å². The van der Waals surface area contributed by atoms with E-state index < -0.39 is 31.7 Å². The van der Waals surface area contributed by atoms with Gasteiger partial charge in [0.2, 0.25) is 0 Å². The van der Waals surface area contributed by atoms with Crippen LogP contribution in [-0.4, -0.2) is 43.9 Å². The predicted molar refractivity (Wildman–Crippen MR) is 236 cm³/mol. The Balaban J connectivity index is 0.000000855. The van der Waals surface area contributed by atoms with Crippen molar-refractivity contribution in [1.29, 1.82) is 0 Å². The Kier molecular flexibility index (Phi) is 27.9. The van der Waals surface area contributed by atoms with Gasteiger partial charge in [-0.15, -0.1) is 39.5 Å². The van der Waals surface area contributed by atoms with Crippen LogP contribution < -0.4 is 0 Å². The zero-order valence-corrected chi connectivity index (χ0v) is 36.7. The summed E-state index contributed by atoms with van der Waals surface area (Å²) in [6.07, 6.45) is 15.9. The molecule has 2 aromatic carbocycles. The molecule has 6 nitrogen and oxygen atoms in total. The Morgan fingerprint density at radius 1 is 0.648 bits per heavy atom. The maximum atomic E-state index is 10.6. The Hall–Kier alpha value is -2.83. The Morgan fingerprint density at radius 2 is 0.981 bits per heavy atom. The highest BCUT2D eigenvalue weighted by atomic mass is 35.6. The molecule has 0 bridgehead atoms. The van der Waals surface area contributed by atoms with E-state index in [9.17, 15) is 9.59 Å². The molecule has 0 aliphatic heterocycles. The van der Waals surface area contributed by atoms with Gasteiger partial charge >= 0.3 is 15.6 Å². The summed E-state index contributed by atoms with van der Waals surface area (Å²) in [6.45, 7) is 24.0. The zero-order valence-electron chi connectivity index (χ0n) is 31.7. The van der Waals surface area contributed by atoms with Crippen LogP contribution in [0.1, 0.15) is 35.1 Å². The third kappa shape index (κ3) is 23.8. The fourth-order valence-corrected chi connectivity index (χ4v) is 14.2. The van der Waals surface area contributed by atoms with Gasteiger partial charge in [0, 0.05) is 11.6 Å². The number of ether oxygens (including phenoxy) is 3. The highest BCUT2D eigenvalue weighted by Crippen LogP contribution is 2.31. The summed E-state index contributed by atoms with van der Waals surface area (Å²) in [5, 5.41) is 9.07. The summed E-state index contributed by atoms with van der Waals surface area (Å²) in [4.78, 5) is 20.7. The summed E-state index contributed by atoms with van der Waals surface area (Å²) >= 11 is 20.2. The lowest BCUT2D eigenvalue weighted by Crippen LogP contribution is -2.32. The minimum atomic E-state index is -2.03. The number of halogens is 4. The van der Waals surface area contributed by atoms with Gasteiger partial charge in [0.25, 0.3) is 0 Å². The molecule has 0 aromatic heterocycles. The molecule has 0 spiro atoms. The third-order valence-electron chi connectivity index (χ3n) is 8.76. The van der Waals surface area contributed by atoms with E-state index in [1.165, 1.54) is 29.6 Å². The molecule has 2 rings (SSSR count). The van der Waals surface area contributed by atoms with E-state index in [-0.39, 0.29) is 13.2 Å². The lowest BCUT2D eigenvalue weighted by molar-refractivity contribution is 0.0704. The number of aryl methyl sites for hydroxylation is 2. The lowest BCUT2D eigenvalue weighted by atomic mass is 10.1. The van der Waals surface area contributed by atoms with E-state index >= 15 is 0 Å². The SMILES string of the molecule is C=CC[Si](CC=C)(CC=C)CCCc1ccc(CO)cc1.C=CC[Si](CC=C)(CC=C)CCCc1ccc(COC(=O)Cl)cc1.COC(=O)OC(Cl)(Cl)Cl. The molecule has 0 amide bonds. The number of aliphatic hydroxyl groups excluding tert-OH is 1. The van der Waals surface area contributed by atoms with Gasteiger partial charge in [0.05, 0.1) is 29.9 Å². The predicted octanol–water partition coefficient (Wildman–Crippen LogP) is 13.7. The van der Waals surface area contributed by atoms with Gasteiger partial charge in [0.15, 0.2) is 0 Å². The van der Waals surface area contributed by atoms with E-state index in [1.54, 1.807) is 0 Å². The fraction of sp³-hybridized carbons (Fsp3) is 0.381. The average molecular weight is 857 g/mol. The molecule has 0 heterocycles. The van der Waals surface area contributed by atoms with Crippen LogP contribution in [0.4, 0.5) is 9.59 Å². The van der Waals surface area contributed by atoms with Crippen LogP contribution in [0.15, 0.2) is 124 Å². The molecule has 298 valence electrons. The van der Waals surface area contributed by atoms with Crippen molar-refractivity contribution in [3.8, 4) is 0 Å². The molecule has 0 radical (unpaired) electrons. The van der Waals surface area contributed by atoms with Crippen LogP contribution in [0.25, 0.3) is 0 Å². The van der Waals surface area contributed by atoms with Crippen molar-refractivity contribution in [2.24, 2.45) is 0 Å². The van der Waals surface area contributed by atoms with Crippen LogP contribution in [0.3, 0.4) is 0 Å². The molecule has 0 saturated heterocycles. The number of rotatable bonds is 23. The van der Waals surface area contributed by atoms with Crippen molar-refractivity contribution >= 4 is 74.1 Å². The molecule has 12 heteroatoms. The second kappa shape index (κ2) is 29.5. The van der Waals surface area contributed by atoms with Gasteiger partial charge in [-0.1, -0.05) is 110 Å². The summed E-state index contributed by atoms with van der Waals surface area (Å²) in [6, 6.07) is 25.8. The van der Waals surface area contributed by atoms with Crippen molar-refractivity contribution in [2.75, 3.05) is 7.11 Å². The maximum absolute atomic E-state index is 10.6. The lowest BCUT2D eigenvalue weighted by Gasteiger charge is -2.28. The molecular formula is C42H58Cl4O6Si2. The summed E-state index contributed by atoms with van der Waals surface area (Å²) in [5.74, 6) is 0. The summed E-state index contributed by atoms with van der Waals surface area (Å²) < 4.78 is 10.8. The first-order chi connectivity index (χ1) is 25.7. The van der Waals surface area contributed by atoms with Gasteiger partial charge < -0.3 is 19.3 Å². The second-order valence-electron chi connectivity index (χ2n) is 13.0. The van der Waals surface area contributed by atoms with Gasteiger partial charge in [-0.25, -0.2) is 9.59 Å². The van der Waals surface area contributed by atoms with Gasteiger partial charge in [-0.3, -0.25) is 0 Å². The maximum Gasteiger partial charge on any atom is 0.511 e. The van der Waals surface area contributed by atoms with E-state index in [4.69, 9.17) is 56.2 Å². The first-order valence-electron chi connectivity index (χ1n) is 17.8. The normalized spacial score (nSPS) is 10.9. The van der Waals surface area contributed by atoms with Crippen molar-refractivity contribution in [3.05, 3.63) is 147 Å². The topological polar surface area (TPSA) is 82.1 Å². The number of benzene rings is 2. The third-order valence-corrected chi connectivity index (χ3v) is 18.9. The quantitative estimate of drug-likeness (QED) is 0.0394. The molecule has 0 aliphatic rings. The van der Waals surface area contributed by atoms with Gasteiger partial charge in [-0.2, -0.15) is 0 Å². The molecule has 0 unspecified atom stereocenters. The zero-order chi connectivity index (χ0) is 40.9. The highest BCUT2D eigenvalue weighted by Gasteiger charge is 2.29. The summed E-state index contributed by atoms with van der Waals surface area (Å²) in [5.41, 5.74) is 3.81. The number of hydrogen-bond acceptors (Lipinski definition) is 6. The molecule has 0 aliphatic carbocycles. The van der Waals surface area contributed by atoms with Gasteiger partial charge in [0.1, 0.15) is 6.61 Å². The first kappa shape index (κ1) is 51.2. The van der Waals surface area contributed by atoms with E-state index in [0.29, 0.717) is 0 Å². The molecule has 2 aromatic rings. The molecular weight excluding hydrogens is 798 g/mol. The first-order valence-corrected chi connectivity index (χ1v) is 24.9. The number of carbonyl (C=O) groups is 2. The molecule has 54 heavy (non-hydrogen) atoms. The standard InChI is InChI=1S/C20H27ClO2Si.C19H28OSi.C3H3Cl3O3/c1-4-13-24(14-5-2,15-6-3)16-7-8-18-9-11-19(12-10-18)17-23-20(21)22;1-4-13-21(14-5-2,15-6-3)16-7-8-18-9-11-19(17-20)12-10-18;1-8-2(7)9-3(4,5)6/h4-6,9-12H,1-3,7-8,13-17H2;4-6,9-12,20H,1-3,7-8,13-17H2;1H3. The van der Waals surface area contributed by atoms with Crippen molar-refractivity contribution in [1.82, 2.24) is 0 Å². The van der Waals surface area contributed by atoms with Crippen molar-refractivity contribution in [3.63, 3.8) is 0 Å². The van der Waals surface area contributed by atoms with Crippen LogP contribution >= 0.6 is 46.4 Å². The molecule has 1 N–H and O–H groups in total. The number of allylic oxidation sites excluding steroid dienone is 6. The van der Waals surface area contributed by atoms with E-state index in [2.05, 4.69) is 110 Å². The van der Waals surface area contributed by atoms with Crippen LogP contribution in [0, 0.1) is 0 Å². The Labute approximate surface area is 346 Å². The largest absolute Gasteiger partial charge is 0.511 e. The Morgan fingerprint density at radius 3 is 1.24 bits per heavy atom. The van der Waals surface area contributed by atoms with Crippen LogP contribution in [0.2, 0.25) is 48.4 Å². The second-order valence-corrected chi connectivity index (χ2v) is 24.9. The van der Waals surface area contributed by atoms with Crippen LogP contribution in [0.5, 0.6) is 0 Å². The van der Waals surface area contributed by atoms with Crippen molar-refractivity contribution < 1.29 is 28.9 Å². The Bertz CT molecular complexity index is 1370. The molecule has 0 atom stereocenters. The monoisotopic (exact) mass is 854 g/mol. The minimum Gasteiger partial charge on any atom is -0.449 e. The van der Waals surface area contributed by atoms with Gasteiger partial charge in [-0.05, 0) is 106 Å². The summed E-state index contributed by atoms with van der Waals surface area (Å²) in [7, 11) is -1.66. The van der Waals surface area contributed by atoms with Crippen molar-refractivity contribution in [2.45, 2.75) is 91.2 Å². The number of methoxy groups -OCH3 is 1. The number of hydrogen-bond donors (Lipinski definition) is 1. The van der Waals surface area contributed by atoms with E-state index in [0.717, 1.165) is 73.8 Å². The average Bonchev–Trinajstić information content (AvgIpc) is 3.12. The van der Waals surface area contributed by atoms with E-state index in [1.807, 2.05) is 24.3 Å². The number of aliphatic hydroxyl groups is 1. The fourth-order valence-electron chi connectivity index (χ4n) is 6.17. The smallest absolute Gasteiger partial charge is 0.449 e. The minimum absolute atomic E-state index is 0.119. The molecule has 0 saturated carbocycles. The number of carbonyl (C=O) groups excluding carboxylic acids is 2. The molecule has 0 fully saturated rings. The number of alkyl halides is 3. The highest BCUT2D eigenvalue weighted by molar-refractivity contribution is 6.81.